The molecule has 2 heterocycles. The van der Waals surface area contributed by atoms with Gasteiger partial charge in [-0.1, -0.05) is 30.3 Å². The van der Waals surface area contributed by atoms with Gasteiger partial charge in [0.2, 0.25) is 5.88 Å². The molecule has 0 N–H and O–H groups in total. The van der Waals surface area contributed by atoms with Gasteiger partial charge < -0.3 is 19.3 Å². The van der Waals surface area contributed by atoms with E-state index in [-0.39, 0.29) is 35.0 Å². The highest BCUT2D eigenvalue weighted by Gasteiger charge is 2.41. The van der Waals surface area contributed by atoms with Gasteiger partial charge in [0, 0.05) is 27.2 Å². The Hall–Kier alpha value is -2.28. The number of carbonyl (C=O) groups excluding carboxylic acids is 1. The quantitative estimate of drug-likeness (QED) is 0.186. The van der Waals surface area contributed by atoms with Crippen molar-refractivity contribution in [2.45, 2.75) is 57.2 Å². The minimum Gasteiger partial charge on any atom is -0.464 e. The van der Waals surface area contributed by atoms with Gasteiger partial charge >= 0.3 is 12.3 Å². The van der Waals surface area contributed by atoms with E-state index in [1.807, 2.05) is 0 Å². The second-order valence-corrected chi connectivity index (χ2v) is 9.79. The molecule has 0 spiro atoms. The average molecular weight is 542 g/mol. The van der Waals surface area contributed by atoms with Crippen molar-refractivity contribution in [2.24, 2.45) is 0 Å². The highest BCUT2D eigenvalue weighted by atomic mass is 35.5. The second kappa shape index (κ2) is 11.2. The summed E-state index contributed by atoms with van der Waals surface area (Å²) < 4.78 is 65.6. The third kappa shape index (κ3) is 7.35. The molecule has 0 aliphatic heterocycles. The van der Waals surface area contributed by atoms with Crippen molar-refractivity contribution in [3.63, 3.8) is 0 Å². The smallest absolute Gasteiger partial charge is 0.425 e. The average Bonchev–Trinajstić information content (AvgIpc) is 2.75. The number of amides is 1. The number of thioether (sulfide) groups is 1. The van der Waals surface area contributed by atoms with E-state index < -0.39 is 47.2 Å². The van der Waals surface area contributed by atoms with Crippen molar-refractivity contribution < 1.29 is 31.8 Å². The molecule has 0 aliphatic rings. The first-order valence-corrected chi connectivity index (χ1v) is 12.2. The highest BCUT2D eigenvalue weighted by Crippen LogP contribution is 2.38. The number of halogens is 5. The Bertz CT molecular complexity index is 1070. The number of rotatable bonds is 8. The molecule has 14 heteroatoms. The van der Waals surface area contributed by atoms with Crippen LogP contribution in [0.2, 0.25) is 5.15 Å². The summed E-state index contributed by atoms with van der Waals surface area (Å²) in [5, 5.41) is -0.668. The first-order chi connectivity index (χ1) is 16.1. The zero-order valence-electron chi connectivity index (χ0n) is 20.5. The van der Waals surface area contributed by atoms with Crippen molar-refractivity contribution in [3.05, 3.63) is 11.0 Å². The van der Waals surface area contributed by atoms with E-state index in [2.05, 4.69) is 15.0 Å². The van der Waals surface area contributed by atoms with E-state index >= 15 is 0 Å². The lowest BCUT2D eigenvalue weighted by Crippen LogP contribution is -2.38. The number of nitrogens with zero attached hydrogens (tertiary/aromatic N) is 5. The Kier molecular flexibility index (Phi) is 9.26. The minimum absolute atomic E-state index is 0.0760. The maximum absolute atomic E-state index is 14.9. The van der Waals surface area contributed by atoms with Gasteiger partial charge in [-0.05, 0) is 33.4 Å². The highest BCUT2D eigenvalue weighted by molar-refractivity contribution is 7.98. The molecule has 0 bridgehead atoms. The lowest BCUT2D eigenvalue weighted by Gasteiger charge is -2.27. The molecule has 0 saturated carbocycles. The Morgan fingerprint density at radius 1 is 1.14 bits per heavy atom. The normalized spacial score (nSPS) is 13.0. The molecule has 1 unspecified atom stereocenters. The maximum atomic E-state index is 14.9. The summed E-state index contributed by atoms with van der Waals surface area (Å²) in [4.78, 5) is 27.3. The van der Waals surface area contributed by atoms with Crippen LogP contribution in [0.4, 0.5) is 28.2 Å². The van der Waals surface area contributed by atoms with Crippen LogP contribution in [0.5, 0.6) is 5.88 Å². The Morgan fingerprint density at radius 3 is 2.29 bits per heavy atom. The fourth-order valence-electron chi connectivity index (χ4n) is 2.88. The predicted octanol–water partition coefficient (Wildman–Crippen LogP) is 5.56. The van der Waals surface area contributed by atoms with Crippen LogP contribution in [-0.2, 0) is 4.74 Å². The van der Waals surface area contributed by atoms with Crippen LogP contribution in [0, 0.1) is 5.82 Å². The topological polar surface area (TPSA) is 80.7 Å². The molecule has 8 nitrogen and oxygen atoms in total. The third-order valence-corrected chi connectivity index (χ3v) is 5.48. The van der Waals surface area contributed by atoms with E-state index in [9.17, 15) is 22.4 Å². The molecule has 196 valence electrons. The van der Waals surface area contributed by atoms with Gasteiger partial charge in [-0.3, -0.25) is 0 Å². The maximum Gasteiger partial charge on any atom is 0.425 e. The number of ether oxygens (including phenoxy) is 2. The zero-order valence-corrected chi connectivity index (χ0v) is 22.0. The summed E-state index contributed by atoms with van der Waals surface area (Å²) in [5.41, 5.74) is -1.00. The molecule has 1 atom stereocenters. The van der Waals surface area contributed by atoms with Gasteiger partial charge in [0.25, 0.3) is 0 Å². The molecular weight excluding hydrogens is 514 g/mol. The fourth-order valence-corrected chi connectivity index (χ4v) is 3.41. The number of pyridine rings is 1. The summed E-state index contributed by atoms with van der Waals surface area (Å²) in [6.45, 7) is 6.86. The Morgan fingerprint density at radius 2 is 1.77 bits per heavy atom. The van der Waals surface area contributed by atoms with Crippen LogP contribution in [-0.4, -0.2) is 77.3 Å². The summed E-state index contributed by atoms with van der Waals surface area (Å²) in [6.07, 6.45) is -6.18. The first kappa shape index (κ1) is 29.0. The molecular formula is C21H28ClF4N5O3S. The van der Waals surface area contributed by atoms with Crippen molar-refractivity contribution >= 4 is 46.2 Å². The first-order valence-electron chi connectivity index (χ1n) is 10.6. The molecule has 0 fully saturated rings. The number of carbonyl (C=O) groups is 1. The number of likely N-dealkylation sites (N-methyl/N-ethyl adjacent to an activating group) is 2. The molecule has 0 aliphatic carbocycles. The SMILES string of the molecule is CCC(Oc1nc(Cl)c(F)c2nc(SC)nc(N(C)CCN(C)C(=O)OC(C)(C)C)c12)C(F)(F)F. The molecule has 1 amide bonds. The van der Waals surface area contributed by atoms with Crippen molar-refractivity contribution in [2.75, 3.05) is 38.3 Å². The largest absolute Gasteiger partial charge is 0.464 e. The summed E-state index contributed by atoms with van der Waals surface area (Å²) in [5.74, 6) is -1.47. The van der Waals surface area contributed by atoms with Gasteiger partial charge in [0.05, 0.1) is 0 Å². The number of hydrogen-bond acceptors (Lipinski definition) is 8. The van der Waals surface area contributed by atoms with E-state index in [1.165, 1.54) is 18.9 Å². The van der Waals surface area contributed by atoms with Gasteiger partial charge in [-0.25, -0.2) is 19.2 Å². The molecule has 0 radical (unpaired) electrons. The van der Waals surface area contributed by atoms with E-state index in [1.54, 1.807) is 39.0 Å². The van der Waals surface area contributed by atoms with Crippen LogP contribution < -0.4 is 9.64 Å². The van der Waals surface area contributed by atoms with Gasteiger partial charge in [0.1, 0.15) is 22.3 Å². The molecule has 0 aromatic carbocycles. The lowest BCUT2D eigenvalue weighted by atomic mass is 10.2. The van der Waals surface area contributed by atoms with Crippen molar-refractivity contribution in [3.8, 4) is 5.88 Å². The molecule has 2 aromatic rings. The summed E-state index contributed by atoms with van der Waals surface area (Å²) >= 11 is 6.97. The zero-order chi connectivity index (χ0) is 26.7. The van der Waals surface area contributed by atoms with Gasteiger partial charge in [0.15, 0.2) is 22.2 Å². The van der Waals surface area contributed by atoms with E-state index in [0.29, 0.717) is 0 Å². The van der Waals surface area contributed by atoms with Crippen molar-refractivity contribution in [1.29, 1.82) is 0 Å². The minimum atomic E-state index is -4.69. The fraction of sp³-hybridized carbons (Fsp3) is 0.619. The Labute approximate surface area is 210 Å². The third-order valence-electron chi connectivity index (χ3n) is 4.68. The second-order valence-electron chi connectivity index (χ2n) is 8.66. The van der Waals surface area contributed by atoms with Gasteiger partial charge in [-0.15, -0.1) is 0 Å². The molecule has 35 heavy (non-hydrogen) atoms. The predicted molar refractivity (Wildman–Crippen MR) is 127 cm³/mol. The number of fused-ring (bicyclic) bond motifs is 1. The monoisotopic (exact) mass is 541 g/mol. The number of aromatic nitrogens is 3. The number of hydrogen-bond donors (Lipinski definition) is 0. The molecule has 2 aromatic heterocycles. The standard InChI is InChI=1S/C21H28ClF4N5O3S/c1-8-11(21(24,25)26)33-17-12-14(13(23)15(22)28-17)27-18(35-7)29-16(12)30(5)9-10-31(6)19(32)34-20(2,3)4/h11H,8-10H2,1-7H3. The Balaban J connectivity index is 2.52. The van der Waals surface area contributed by atoms with Crippen LogP contribution in [0.15, 0.2) is 5.16 Å². The number of alkyl halides is 3. The van der Waals surface area contributed by atoms with E-state index in [0.717, 1.165) is 11.8 Å². The lowest BCUT2D eigenvalue weighted by molar-refractivity contribution is -0.196. The van der Waals surface area contributed by atoms with E-state index in [4.69, 9.17) is 21.1 Å². The molecule has 0 saturated heterocycles. The van der Waals surface area contributed by atoms with Crippen LogP contribution in [0.3, 0.4) is 0 Å². The summed E-state index contributed by atoms with van der Waals surface area (Å²) in [6, 6.07) is 0. The van der Waals surface area contributed by atoms with Gasteiger partial charge in [-0.2, -0.15) is 18.2 Å². The number of anilines is 1. The van der Waals surface area contributed by atoms with Crippen LogP contribution in [0.1, 0.15) is 34.1 Å². The van der Waals surface area contributed by atoms with Crippen LogP contribution in [0.25, 0.3) is 10.9 Å². The summed E-state index contributed by atoms with van der Waals surface area (Å²) in [7, 11) is 3.13. The van der Waals surface area contributed by atoms with Crippen molar-refractivity contribution in [1.82, 2.24) is 19.9 Å². The van der Waals surface area contributed by atoms with Crippen LogP contribution >= 0.6 is 23.4 Å². The molecule has 2 rings (SSSR count).